The summed E-state index contributed by atoms with van der Waals surface area (Å²) in [6.07, 6.45) is -2.39. The monoisotopic (exact) mass is 508 g/mol. The third-order valence-electron chi connectivity index (χ3n) is 5.26. The van der Waals surface area contributed by atoms with Crippen LogP contribution in [0.3, 0.4) is 0 Å². The van der Waals surface area contributed by atoms with E-state index in [2.05, 4.69) is 10.3 Å². The van der Waals surface area contributed by atoms with Crippen LogP contribution in [0.15, 0.2) is 70.4 Å². The molecule has 0 fully saturated rings. The first kappa shape index (κ1) is 24.3. The zero-order valence-electron chi connectivity index (χ0n) is 18.2. The number of nitrogens with one attached hydrogen (secondary N) is 1. The Labute approximate surface area is 198 Å². The minimum Gasteiger partial charge on any atom is -0.431 e. The maximum absolute atomic E-state index is 12.9. The number of sulfone groups is 1. The summed E-state index contributed by atoms with van der Waals surface area (Å²) >= 11 is 0. The van der Waals surface area contributed by atoms with E-state index in [0.29, 0.717) is 5.56 Å². The maximum Gasteiger partial charge on any atom is 0.416 e. The van der Waals surface area contributed by atoms with Crippen LogP contribution in [0.5, 0.6) is 0 Å². The Morgan fingerprint density at radius 1 is 1.14 bits per heavy atom. The third kappa shape index (κ3) is 5.45. The van der Waals surface area contributed by atoms with Crippen LogP contribution in [-0.2, 0) is 32.1 Å². The summed E-state index contributed by atoms with van der Waals surface area (Å²) in [4.78, 5) is 32.1. The second-order valence-electron chi connectivity index (χ2n) is 7.82. The van der Waals surface area contributed by atoms with Gasteiger partial charge in [-0.2, -0.15) is 13.2 Å². The number of carbonyl (C=O) groups excluding carboxylic acids is 2. The molecule has 0 bridgehead atoms. The predicted octanol–water partition coefficient (Wildman–Crippen LogP) is 3.21. The molecule has 2 aromatic carbocycles. The van der Waals surface area contributed by atoms with Gasteiger partial charge in [-0.3, -0.25) is 9.69 Å². The average Bonchev–Trinajstić information content (AvgIpc) is 3.11. The van der Waals surface area contributed by atoms with Gasteiger partial charge in [-0.25, -0.2) is 13.2 Å². The second-order valence-corrected chi connectivity index (χ2v) is 9.84. The number of hydrogen-bond donors (Lipinski definition) is 1. The van der Waals surface area contributed by atoms with Gasteiger partial charge in [-0.05, 0) is 35.9 Å². The van der Waals surface area contributed by atoms with Crippen molar-refractivity contribution in [3.63, 3.8) is 0 Å². The van der Waals surface area contributed by atoms with Crippen LogP contribution in [0.1, 0.15) is 11.1 Å². The molecule has 3 amide bonds. The Hall–Kier alpha value is -3.87. The van der Waals surface area contributed by atoms with Crippen molar-refractivity contribution in [1.29, 1.82) is 0 Å². The molecule has 2 heterocycles. The van der Waals surface area contributed by atoms with Crippen LogP contribution >= 0.6 is 0 Å². The number of anilines is 1. The van der Waals surface area contributed by atoms with Gasteiger partial charge >= 0.3 is 18.2 Å². The van der Waals surface area contributed by atoms with Crippen LogP contribution in [0.25, 0.3) is 0 Å². The molecule has 184 valence electrons. The van der Waals surface area contributed by atoms with Crippen LogP contribution in [0.4, 0.5) is 23.7 Å². The number of amidine groups is 1. The van der Waals surface area contributed by atoms with E-state index in [1.165, 1.54) is 34.1 Å². The van der Waals surface area contributed by atoms with Gasteiger partial charge in [0.15, 0.2) is 9.84 Å². The number of ether oxygens (including phenoxy) is 1. The second kappa shape index (κ2) is 9.06. The van der Waals surface area contributed by atoms with E-state index in [1.54, 1.807) is 12.1 Å². The third-order valence-corrected chi connectivity index (χ3v) is 6.39. The number of urea groups is 1. The highest BCUT2D eigenvalue weighted by Gasteiger charge is 2.34. The zero-order valence-corrected chi connectivity index (χ0v) is 19.1. The fourth-order valence-corrected chi connectivity index (χ4v) is 4.09. The van der Waals surface area contributed by atoms with E-state index in [-0.39, 0.29) is 41.9 Å². The maximum atomic E-state index is 12.9. The zero-order chi connectivity index (χ0) is 25.4. The number of aliphatic imine (C=N–C) groups is 1. The lowest BCUT2D eigenvalue weighted by Crippen LogP contribution is -2.36. The van der Waals surface area contributed by atoms with Crippen molar-refractivity contribution < 1.29 is 35.9 Å². The van der Waals surface area contributed by atoms with Gasteiger partial charge in [0.1, 0.15) is 12.0 Å². The van der Waals surface area contributed by atoms with Gasteiger partial charge in [0.25, 0.3) is 5.91 Å². The topological polar surface area (TPSA) is 108 Å². The Morgan fingerprint density at radius 3 is 2.51 bits per heavy atom. The van der Waals surface area contributed by atoms with Crippen LogP contribution in [0, 0.1) is 0 Å². The lowest BCUT2D eigenvalue weighted by Gasteiger charge is -2.21. The summed E-state index contributed by atoms with van der Waals surface area (Å²) in [7, 11) is -3.35. The van der Waals surface area contributed by atoms with Crippen molar-refractivity contribution in [3.8, 4) is 0 Å². The first-order valence-electron chi connectivity index (χ1n) is 10.2. The Balaban J connectivity index is 1.44. The quantitative estimate of drug-likeness (QED) is 0.665. The van der Waals surface area contributed by atoms with Gasteiger partial charge in [0.2, 0.25) is 0 Å². The highest BCUT2D eigenvalue weighted by atomic mass is 32.2. The smallest absolute Gasteiger partial charge is 0.416 e. The van der Waals surface area contributed by atoms with Gasteiger partial charge in [0, 0.05) is 31.6 Å². The van der Waals surface area contributed by atoms with E-state index >= 15 is 0 Å². The first-order chi connectivity index (χ1) is 16.4. The molecular formula is C22H19F3N4O5S. The van der Waals surface area contributed by atoms with Gasteiger partial charge in [0.05, 0.1) is 10.5 Å². The van der Waals surface area contributed by atoms with Gasteiger partial charge < -0.3 is 15.0 Å². The number of carbonyl (C=O) groups is 2. The molecule has 2 aliphatic rings. The number of nitrogens with zero attached hydrogens (tertiary/aromatic N) is 3. The lowest BCUT2D eigenvalue weighted by molar-refractivity contribution is -0.137. The molecule has 0 saturated heterocycles. The predicted molar refractivity (Wildman–Crippen MR) is 119 cm³/mol. The Morgan fingerprint density at radius 2 is 1.86 bits per heavy atom. The summed E-state index contributed by atoms with van der Waals surface area (Å²) < 4.78 is 67.3. The largest absolute Gasteiger partial charge is 0.431 e. The molecule has 2 aliphatic heterocycles. The fraction of sp³-hybridized carbons (Fsp3) is 0.227. The van der Waals surface area contributed by atoms with E-state index in [9.17, 15) is 31.2 Å². The standard InChI is InChI=1S/C22H19F3N4O5S/c1-35(32,33)17-7-5-14(6-8-17)12-28-9-10-29-18(13-34-21(29)27-20(28)31)19(30)26-16-4-2-3-15(11-16)22(23,24)25/h2-8,11,13H,9-10,12H2,1H3,(H,26,30). The van der Waals surface area contributed by atoms with Gasteiger partial charge in [-0.15, -0.1) is 4.99 Å². The van der Waals surface area contributed by atoms with Crippen LogP contribution < -0.4 is 5.32 Å². The molecule has 2 aromatic rings. The molecule has 13 heteroatoms. The number of amides is 3. The number of benzene rings is 2. The summed E-state index contributed by atoms with van der Waals surface area (Å²) in [6, 6.07) is 9.52. The molecule has 0 atom stereocenters. The summed E-state index contributed by atoms with van der Waals surface area (Å²) in [5.41, 5.74) is -0.309. The van der Waals surface area contributed by atoms with E-state index in [0.717, 1.165) is 24.7 Å². The normalized spacial score (nSPS) is 16.2. The molecule has 0 saturated carbocycles. The van der Waals surface area contributed by atoms with E-state index in [4.69, 9.17) is 4.74 Å². The average molecular weight is 508 g/mol. The number of halogens is 3. The van der Waals surface area contributed by atoms with Crippen molar-refractivity contribution in [2.75, 3.05) is 24.7 Å². The first-order valence-corrected chi connectivity index (χ1v) is 12.1. The van der Waals surface area contributed by atoms with Crippen molar-refractivity contribution in [2.45, 2.75) is 17.6 Å². The highest BCUT2D eigenvalue weighted by Crippen LogP contribution is 2.31. The molecule has 4 rings (SSSR count). The van der Waals surface area contributed by atoms with E-state index < -0.39 is 33.5 Å². The summed E-state index contributed by atoms with van der Waals surface area (Å²) in [6.45, 7) is 0.425. The minimum absolute atomic E-state index is 0.0201. The van der Waals surface area contributed by atoms with Crippen LogP contribution in [-0.4, -0.2) is 55.5 Å². The van der Waals surface area contributed by atoms with Gasteiger partial charge in [-0.1, -0.05) is 18.2 Å². The molecule has 0 spiro atoms. The number of rotatable bonds is 5. The molecular weight excluding hydrogens is 489 g/mol. The minimum atomic E-state index is -4.56. The number of alkyl halides is 3. The van der Waals surface area contributed by atoms with Crippen molar-refractivity contribution in [3.05, 3.63) is 71.6 Å². The number of fused-ring (bicyclic) bond motifs is 1. The van der Waals surface area contributed by atoms with Crippen molar-refractivity contribution >= 4 is 33.5 Å². The molecule has 0 unspecified atom stereocenters. The SMILES string of the molecule is CS(=O)(=O)c1ccc(CN2CCN3C(C(=O)Nc4cccc(C(F)(F)F)c4)=COC3=NC2=O)cc1. The molecule has 9 nitrogen and oxygen atoms in total. The molecule has 1 N–H and O–H groups in total. The number of hydrogen-bond acceptors (Lipinski definition) is 6. The van der Waals surface area contributed by atoms with Crippen molar-refractivity contribution in [1.82, 2.24) is 9.80 Å². The summed E-state index contributed by atoms with van der Waals surface area (Å²) in [5, 5.41) is 2.40. The Bertz CT molecular complexity index is 1340. The molecule has 0 aromatic heterocycles. The molecule has 35 heavy (non-hydrogen) atoms. The molecule has 0 radical (unpaired) electrons. The van der Waals surface area contributed by atoms with Crippen LogP contribution in [0.2, 0.25) is 0 Å². The molecule has 0 aliphatic carbocycles. The van der Waals surface area contributed by atoms with Crippen molar-refractivity contribution in [2.24, 2.45) is 4.99 Å². The Kier molecular flexibility index (Phi) is 6.28. The lowest BCUT2D eigenvalue weighted by atomic mass is 10.2. The van der Waals surface area contributed by atoms with E-state index in [1.807, 2.05) is 0 Å². The highest BCUT2D eigenvalue weighted by molar-refractivity contribution is 7.90. The summed E-state index contributed by atoms with van der Waals surface area (Å²) in [5.74, 6) is -0.730. The fourth-order valence-electron chi connectivity index (χ4n) is 3.46.